The maximum absolute atomic E-state index is 11.7. The number of carbonyl (C=O) groups is 1. The predicted molar refractivity (Wildman–Crippen MR) is 58.2 cm³/mol. The Hall–Kier alpha value is -1.29. The molecule has 2 heterocycles. The molecular formula is C11H17N3O. The van der Waals surface area contributed by atoms with Crippen molar-refractivity contribution in [2.24, 2.45) is 13.0 Å². The van der Waals surface area contributed by atoms with Crippen molar-refractivity contribution >= 4 is 5.91 Å². The fraction of sp³-hybridized carbons (Fsp3) is 0.545. The van der Waals surface area contributed by atoms with Gasteiger partial charge < -0.3 is 15.2 Å². The van der Waals surface area contributed by atoms with Crippen LogP contribution in [0.4, 0.5) is 0 Å². The zero-order valence-electron chi connectivity index (χ0n) is 8.99. The summed E-state index contributed by atoms with van der Waals surface area (Å²) < 4.78 is 2.02. The third kappa shape index (κ3) is 2.39. The molecule has 1 aliphatic rings. The van der Waals surface area contributed by atoms with Crippen LogP contribution < -0.4 is 10.6 Å². The lowest BCUT2D eigenvalue weighted by Crippen LogP contribution is -2.31. The van der Waals surface area contributed by atoms with Crippen LogP contribution in [0.5, 0.6) is 0 Å². The second-order valence-electron chi connectivity index (χ2n) is 4.02. The third-order valence-corrected chi connectivity index (χ3v) is 2.93. The summed E-state index contributed by atoms with van der Waals surface area (Å²) in [5.41, 5.74) is 1.13. The smallest absolute Gasteiger partial charge is 0.224 e. The van der Waals surface area contributed by atoms with E-state index in [1.165, 1.54) is 0 Å². The summed E-state index contributed by atoms with van der Waals surface area (Å²) in [5.74, 6) is 0.325. The van der Waals surface area contributed by atoms with Gasteiger partial charge in [-0.05, 0) is 25.1 Å². The number of amides is 1. The zero-order chi connectivity index (χ0) is 10.7. The first kappa shape index (κ1) is 10.2. The van der Waals surface area contributed by atoms with Crippen LogP contribution >= 0.6 is 0 Å². The molecule has 0 aromatic carbocycles. The van der Waals surface area contributed by atoms with Crippen LogP contribution in [0.1, 0.15) is 12.1 Å². The molecule has 0 spiro atoms. The lowest BCUT2D eigenvalue weighted by molar-refractivity contribution is -0.124. The summed E-state index contributed by atoms with van der Waals surface area (Å²) in [4.78, 5) is 11.7. The Balaban J connectivity index is 1.83. The third-order valence-electron chi connectivity index (χ3n) is 2.93. The average Bonchev–Trinajstić information content (AvgIpc) is 2.85. The summed E-state index contributed by atoms with van der Waals surface area (Å²) in [6.07, 6.45) is 2.94. The average molecular weight is 207 g/mol. The first-order valence-electron chi connectivity index (χ1n) is 5.36. The SMILES string of the molecule is Cn1cccc1CNC(=O)C1CCNC1. The number of aromatic nitrogens is 1. The maximum Gasteiger partial charge on any atom is 0.224 e. The highest BCUT2D eigenvalue weighted by Gasteiger charge is 2.21. The summed E-state index contributed by atoms with van der Waals surface area (Å²) in [6, 6.07) is 4.01. The van der Waals surface area contributed by atoms with E-state index in [0.717, 1.165) is 25.2 Å². The number of rotatable bonds is 3. The molecule has 0 radical (unpaired) electrons. The van der Waals surface area contributed by atoms with Crippen LogP contribution in [0.2, 0.25) is 0 Å². The van der Waals surface area contributed by atoms with E-state index >= 15 is 0 Å². The van der Waals surface area contributed by atoms with Gasteiger partial charge in [-0.25, -0.2) is 0 Å². The van der Waals surface area contributed by atoms with Crippen molar-refractivity contribution < 1.29 is 4.79 Å². The second-order valence-corrected chi connectivity index (χ2v) is 4.02. The van der Waals surface area contributed by atoms with E-state index in [0.29, 0.717) is 6.54 Å². The number of hydrogen-bond acceptors (Lipinski definition) is 2. The van der Waals surface area contributed by atoms with Crippen LogP contribution in [-0.4, -0.2) is 23.6 Å². The standard InChI is InChI=1S/C11H17N3O/c1-14-6-2-3-10(14)8-13-11(15)9-4-5-12-7-9/h2-3,6,9,12H,4-5,7-8H2,1H3,(H,13,15). The lowest BCUT2D eigenvalue weighted by Gasteiger charge is -2.10. The molecule has 1 saturated heterocycles. The molecule has 1 aromatic heterocycles. The largest absolute Gasteiger partial charge is 0.353 e. The first-order chi connectivity index (χ1) is 7.27. The Morgan fingerprint density at radius 2 is 2.60 bits per heavy atom. The van der Waals surface area contributed by atoms with Gasteiger partial charge in [0.1, 0.15) is 0 Å². The summed E-state index contributed by atoms with van der Waals surface area (Å²) in [5, 5.41) is 6.16. The molecule has 1 amide bonds. The van der Waals surface area contributed by atoms with E-state index in [-0.39, 0.29) is 11.8 Å². The van der Waals surface area contributed by atoms with E-state index in [1.807, 2.05) is 29.9 Å². The zero-order valence-corrected chi connectivity index (χ0v) is 8.99. The van der Waals surface area contributed by atoms with Crippen LogP contribution in [0.25, 0.3) is 0 Å². The highest BCUT2D eigenvalue weighted by atomic mass is 16.1. The van der Waals surface area contributed by atoms with Crippen molar-refractivity contribution in [1.29, 1.82) is 0 Å². The molecule has 1 unspecified atom stereocenters. The minimum absolute atomic E-state index is 0.158. The Kier molecular flexibility index (Phi) is 3.06. The van der Waals surface area contributed by atoms with Gasteiger partial charge in [-0.15, -0.1) is 0 Å². The Morgan fingerprint density at radius 3 is 3.20 bits per heavy atom. The van der Waals surface area contributed by atoms with Gasteiger partial charge in [-0.2, -0.15) is 0 Å². The molecule has 15 heavy (non-hydrogen) atoms. The van der Waals surface area contributed by atoms with Crippen LogP contribution in [0, 0.1) is 5.92 Å². The molecule has 0 bridgehead atoms. The number of aryl methyl sites for hydroxylation is 1. The second kappa shape index (κ2) is 4.49. The van der Waals surface area contributed by atoms with Crippen molar-refractivity contribution in [2.45, 2.75) is 13.0 Å². The molecule has 0 aliphatic carbocycles. The van der Waals surface area contributed by atoms with Crippen molar-refractivity contribution in [3.63, 3.8) is 0 Å². The van der Waals surface area contributed by atoms with E-state index in [1.54, 1.807) is 0 Å². The molecule has 0 saturated carbocycles. The number of nitrogens with zero attached hydrogens (tertiary/aromatic N) is 1. The van der Waals surface area contributed by atoms with Gasteiger partial charge in [0.15, 0.2) is 0 Å². The molecule has 1 atom stereocenters. The van der Waals surface area contributed by atoms with Crippen molar-refractivity contribution in [1.82, 2.24) is 15.2 Å². The highest BCUT2D eigenvalue weighted by molar-refractivity contribution is 5.79. The van der Waals surface area contributed by atoms with E-state index in [9.17, 15) is 4.79 Å². The quantitative estimate of drug-likeness (QED) is 0.746. The Morgan fingerprint density at radius 1 is 1.73 bits per heavy atom. The molecule has 1 fully saturated rings. The van der Waals surface area contributed by atoms with Gasteiger partial charge in [0.25, 0.3) is 0 Å². The van der Waals surface area contributed by atoms with Crippen molar-refractivity contribution in [3.05, 3.63) is 24.0 Å². The molecule has 4 heteroatoms. The van der Waals surface area contributed by atoms with E-state index in [4.69, 9.17) is 0 Å². The topological polar surface area (TPSA) is 46.1 Å². The van der Waals surface area contributed by atoms with Gasteiger partial charge >= 0.3 is 0 Å². The molecule has 4 nitrogen and oxygen atoms in total. The fourth-order valence-corrected chi connectivity index (χ4v) is 1.88. The Bertz CT molecular complexity index is 339. The summed E-state index contributed by atoms with van der Waals surface area (Å²) in [7, 11) is 1.98. The molecule has 1 aliphatic heterocycles. The van der Waals surface area contributed by atoms with Crippen molar-refractivity contribution in [3.8, 4) is 0 Å². The van der Waals surface area contributed by atoms with E-state index < -0.39 is 0 Å². The van der Waals surface area contributed by atoms with Gasteiger partial charge in [0.2, 0.25) is 5.91 Å². The minimum atomic E-state index is 0.158. The van der Waals surface area contributed by atoms with Crippen LogP contribution in [-0.2, 0) is 18.4 Å². The maximum atomic E-state index is 11.7. The van der Waals surface area contributed by atoms with E-state index in [2.05, 4.69) is 10.6 Å². The van der Waals surface area contributed by atoms with Gasteiger partial charge in [-0.3, -0.25) is 4.79 Å². The summed E-state index contributed by atoms with van der Waals surface area (Å²) >= 11 is 0. The molecular weight excluding hydrogens is 190 g/mol. The normalized spacial score (nSPS) is 20.5. The number of nitrogens with one attached hydrogen (secondary N) is 2. The number of hydrogen-bond donors (Lipinski definition) is 2. The molecule has 82 valence electrons. The van der Waals surface area contributed by atoms with Gasteiger partial charge in [-0.1, -0.05) is 0 Å². The molecule has 2 N–H and O–H groups in total. The first-order valence-corrected chi connectivity index (χ1v) is 5.36. The van der Waals surface area contributed by atoms with Crippen LogP contribution in [0.15, 0.2) is 18.3 Å². The molecule has 2 rings (SSSR count). The number of carbonyl (C=O) groups excluding carboxylic acids is 1. The monoisotopic (exact) mass is 207 g/mol. The minimum Gasteiger partial charge on any atom is -0.353 e. The van der Waals surface area contributed by atoms with Gasteiger partial charge in [0, 0.05) is 25.5 Å². The van der Waals surface area contributed by atoms with Crippen molar-refractivity contribution in [2.75, 3.05) is 13.1 Å². The lowest BCUT2D eigenvalue weighted by atomic mass is 10.1. The van der Waals surface area contributed by atoms with Crippen LogP contribution in [0.3, 0.4) is 0 Å². The fourth-order valence-electron chi connectivity index (χ4n) is 1.88. The summed E-state index contributed by atoms with van der Waals surface area (Å²) in [6.45, 7) is 2.40. The highest BCUT2D eigenvalue weighted by Crippen LogP contribution is 2.07. The molecule has 1 aromatic rings. The predicted octanol–water partition coefficient (Wildman–Crippen LogP) is 0.251. The Labute approximate surface area is 89.7 Å². The van der Waals surface area contributed by atoms with Gasteiger partial charge in [0.05, 0.1) is 12.5 Å².